The van der Waals surface area contributed by atoms with Crippen LogP contribution in [0.5, 0.6) is 0 Å². The molecule has 1 aromatic heterocycles. The van der Waals surface area contributed by atoms with E-state index in [9.17, 15) is 4.79 Å². The molecule has 24 heavy (non-hydrogen) atoms. The van der Waals surface area contributed by atoms with Crippen molar-refractivity contribution in [3.8, 4) is 0 Å². The summed E-state index contributed by atoms with van der Waals surface area (Å²) in [6.07, 6.45) is 5.07. The molecular weight excluding hydrogens is 392 g/mol. The van der Waals surface area contributed by atoms with Crippen LogP contribution in [0, 0.1) is 0 Å². The average molecular weight is 417 g/mol. The zero-order chi connectivity index (χ0) is 17.5. The maximum absolute atomic E-state index is 12.6. The Morgan fingerprint density at radius 2 is 1.92 bits per heavy atom. The third-order valence-corrected chi connectivity index (χ3v) is 6.24. The second kappa shape index (κ2) is 6.78. The second-order valence-corrected chi connectivity index (χ2v) is 9.93. The quantitative estimate of drug-likeness (QED) is 0.727. The van der Waals surface area contributed by atoms with Crippen LogP contribution in [0.15, 0.2) is 3.92 Å². The van der Waals surface area contributed by atoms with Gasteiger partial charge in [-0.2, -0.15) is 0 Å². The molecule has 0 aromatic carbocycles. The summed E-state index contributed by atoms with van der Waals surface area (Å²) in [6, 6.07) is 0.908. The zero-order valence-electron chi connectivity index (χ0n) is 14.7. The van der Waals surface area contributed by atoms with Crippen LogP contribution in [0.3, 0.4) is 0 Å². The first-order valence-corrected chi connectivity index (χ1v) is 10.1. The maximum Gasteiger partial charge on any atom is 0.410 e. The number of amides is 1. The summed E-state index contributed by atoms with van der Waals surface area (Å²) >= 11 is 4.93. The number of hydrogen-bond donors (Lipinski definition) is 0. The standard InChI is InChI=1S/C16H25BrN4O2S/c1-16(2,3)23-15(22)21-10-6-5-7-11(21)9-12(8-10)20(4)14-19-18-13(17)24-14/h10-12H,5-9H2,1-4H3/t10-,11+,12?. The van der Waals surface area contributed by atoms with Crippen molar-refractivity contribution in [2.24, 2.45) is 0 Å². The highest BCUT2D eigenvalue weighted by molar-refractivity contribution is 9.11. The molecule has 0 N–H and O–H groups in total. The number of anilines is 1. The largest absolute Gasteiger partial charge is 0.444 e. The van der Waals surface area contributed by atoms with E-state index in [0.717, 1.165) is 34.7 Å². The van der Waals surface area contributed by atoms with Crippen molar-refractivity contribution in [2.45, 2.75) is 76.6 Å². The highest BCUT2D eigenvalue weighted by Crippen LogP contribution is 2.38. The molecule has 8 heteroatoms. The lowest BCUT2D eigenvalue weighted by Gasteiger charge is -2.50. The minimum absolute atomic E-state index is 0.156. The van der Waals surface area contributed by atoms with Crippen LogP contribution in [0.1, 0.15) is 52.9 Å². The molecule has 1 unspecified atom stereocenters. The Hall–Kier alpha value is -0.890. The topological polar surface area (TPSA) is 58.6 Å². The van der Waals surface area contributed by atoms with Crippen molar-refractivity contribution in [2.75, 3.05) is 11.9 Å². The van der Waals surface area contributed by atoms with Crippen molar-refractivity contribution in [1.29, 1.82) is 0 Å². The van der Waals surface area contributed by atoms with Gasteiger partial charge in [0.15, 0.2) is 3.92 Å². The van der Waals surface area contributed by atoms with E-state index >= 15 is 0 Å². The predicted molar refractivity (Wildman–Crippen MR) is 98.5 cm³/mol. The predicted octanol–water partition coefficient (Wildman–Crippen LogP) is 4.06. The van der Waals surface area contributed by atoms with Gasteiger partial charge >= 0.3 is 6.09 Å². The Bertz CT molecular complexity index is 589. The first-order valence-electron chi connectivity index (χ1n) is 8.48. The van der Waals surface area contributed by atoms with Crippen LogP contribution in [0.2, 0.25) is 0 Å². The molecule has 3 atom stereocenters. The Kier molecular flexibility index (Phi) is 5.06. The number of piperidine rings is 2. The maximum atomic E-state index is 12.6. The number of aromatic nitrogens is 2. The normalized spacial score (nSPS) is 27.0. The SMILES string of the molecule is CN(c1nnc(Br)s1)C1C[C@H]2CCC[C@@H](C1)N2C(=O)OC(C)(C)C. The highest BCUT2D eigenvalue weighted by Gasteiger charge is 2.43. The Morgan fingerprint density at radius 1 is 1.29 bits per heavy atom. The molecule has 2 bridgehead atoms. The molecule has 134 valence electrons. The first kappa shape index (κ1) is 17.9. The minimum Gasteiger partial charge on any atom is -0.444 e. The Morgan fingerprint density at radius 3 is 2.42 bits per heavy atom. The summed E-state index contributed by atoms with van der Waals surface area (Å²) in [5.74, 6) is 0. The third-order valence-electron chi connectivity index (χ3n) is 4.79. The molecule has 0 radical (unpaired) electrons. The van der Waals surface area contributed by atoms with E-state index in [2.05, 4.69) is 38.1 Å². The van der Waals surface area contributed by atoms with Crippen molar-refractivity contribution < 1.29 is 9.53 Å². The summed E-state index contributed by atoms with van der Waals surface area (Å²) in [5.41, 5.74) is -0.447. The summed E-state index contributed by atoms with van der Waals surface area (Å²) in [7, 11) is 2.08. The third kappa shape index (κ3) is 3.85. The van der Waals surface area contributed by atoms with Gasteiger partial charge in [-0.1, -0.05) is 11.3 Å². The van der Waals surface area contributed by atoms with Gasteiger partial charge in [-0.05, 0) is 68.8 Å². The zero-order valence-corrected chi connectivity index (χ0v) is 17.1. The molecular formula is C16H25BrN4O2S. The Labute approximate surface area is 155 Å². The fraction of sp³-hybridized carbons (Fsp3) is 0.812. The molecule has 3 rings (SSSR count). The molecule has 2 saturated heterocycles. The van der Waals surface area contributed by atoms with Gasteiger partial charge in [0.25, 0.3) is 0 Å². The number of halogens is 1. The number of hydrogen-bond acceptors (Lipinski definition) is 6. The van der Waals surface area contributed by atoms with Gasteiger partial charge in [0.05, 0.1) is 0 Å². The van der Waals surface area contributed by atoms with E-state index in [-0.39, 0.29) is 18.2 Å². The molecule has 2 aliphatic heterocycles. The van der Waals surface area contributed by atoms with E-state index in [4.69, 9.17) is 4.74 Å². The van der Waals surface area contributed by atoms with Crippen LogP contribution in [-0.4, -0.2) is 52.0 Å². The molecule has 1 amide bonds. The fourth-order valence-electron chi connectivity index (χ4n) is 3.78. The van der Waals surface area contributed by atoms with Gasteiger partial charge in [0.2, 0.25) is 5.13 Å². The smallest absolute Gasteiger partial charge is 0.410 e. The van der Waals surface area contributed by atoms with Crippen LogP contribution in [0.25, 0.3) is 0 Å². The molecule has 3 heterocycles. The van der Waals surface area contributed by atoms with E-state index in [0.29, 0.717) is 6.04 Å². The molecule has 6 nitrogen and oxygen atoms in total. The van der Waals surface area contributed by atoms with Gasteiger partial charge < -0.3 is 14.5 Å². The summed E-state index contributed by atoms with van der Waals surface area (Å²) in [6.45, 7) is 5.78. The molecule has 0 spiro atoms. The highest BCUT2D eigenvalue weighted by atomic mass is 79.9. The second-order valence-electron chi connectivity index (χ2n) is 7.70. The number of ether oxygens (including phenoxy) is 1. The number of carbonyl (C=O) groups excluding carboxylic acids is 1. The number of rotatable bonds is 2. The van der Waals surface area contributed by atoms with E-state index in [1.54, 1.807) is 11.3 Å². The molecule has 2 fully saturated rings. The monoisotopic (exact) mass is 416 g/mol. The van der Waals surface area contributed by atoms with Gasteiger partial charge in [-0.15, -0.1) is 10.2 Å². The van der Waals surface area contributed by atoms with Crippen LogP contribution < -0.4 is 4.90 Å². The van der Waals surface area contributed by atoms with Gasteiger partial charge in [0.1, 0.15) is 5.60 Å². The molecule has 0 saturated carbocycles. The van der Waals surface area contributed by atoms with Crippen molar-refractivity contribution in [1.82, 2.24) is 15.1 Å². The number of carbonyl (C=O) groups is 1. The van der Waals surface area contributed by atoms with Gasteiger partial charge in [-0.3, -0.25) is 0 Å². The lowest BCUT2D eigenvalue weighted by atomic mass is 9.81. The van der Waals surface area contributed by atoms with Crippen LogP contribution >= 0.6 is 27.3 Å². The van der Waals surface area contributed by atoms with E-state index in [1.807, 2.05) is 25.7 Å². The van der Waals surface area contributed by atoms with E-state index < -0.39 is 5.60 Å². The van der Waals surface area contributed by atoms with Gasteiger partial charge in [0, 0.05) is 25.2 Å². The van der Waals surface area contributed by atoms with Crippen molar-refractivity contribution in [3.63, 3.8) is 0 Å². The van der Waals surface area contributed by atoms with Crippen LogP contribution in [-0.2, 0) is 4.74 Å². The Balaban J connectivity index is 1.72. The molecule has 0 aliphatic carbocycles. The fourth-order valence-corrected chi connectivity index (χ4v) is 4.90. The first-order chi connectivity index (χ1) is 11.2. The summed E-state index contributed by atoms with van der Waals surface area (Å²) in [5, 5.41) is 9.20. The molecule has 2 aliphatic rings. The van der Waals surface area contributed by atoms with Crippen molar-refractivity contribution >= 4 is 38.5 Å². The summed E-state index contributed by atoms with van der Waals surface area (Å²) < 4.78 is 6.45. The lowest BCUT2D eigenvalue weighted by Crippen LogP contribution is -2.59. The number of fused-ring (bicyclic) bond motifs is 2. The summed E-state index contributed by atoms with van der Waals surface area (Å²) in [4.78, 5) is 16.9. The van der Waals surface area contributed by atoms with Gasteiger partial charge in [-0.25, -0.2) is 4.79 Å². The minimum atomic E-state index is -0.447. The number of nitrogens with zero attached hydrogens (tertiary/aromatic N) is 4. The molecule has 1 aromatic rings. The average Bonchev–Trinajstić information content (AvgIpc) is 2.89. The van der Waals surface area contributed by atoms with Crippen molar-refractivity contribution in [3.05, 3.63) is 3.92 Å². The van der Waals surface area contributed by atoms with E-state index in [1.165, 1.54) is 6.42 Å². The van der Waals surface area contributed by atoms with Crippen LogP contribution in [0.4, 0.5) is 9.93 Å². The lowest BCUT2D eigenvalue weighted by molar-refractivity contribution is -0.0213.